The molecule has 7 aromatic rings. The van der Waals surface area contributed by atoms with Gasteiger partial charge in [0.1, 0.15) is 11.0 Å². The van der Waals surface area contributed by atoms with E-state index < -0.39 is 0 Å². The maximum absolute atomic E-state index is 4.66. The number of rotatable bonds is 3. The van der Waals surface area contributed by atoms with Crippen LogP contribution in [0.15, 0.2) is 115 Å². The van der Waals surface area contributed by atoms with E-state index in [2.05, 4.69) is 123 Å². The molecule has 160 valence electrons. The highest BCUT2D eigenvalue weighted by Gasteiger charge is 2.15. The minimum Gasteiger partial charge on any atom is -0.309 e. The molecule has 0 bridgehead atoms. The van der Waals surface area contributed by atoms with E-state index in [4.69, 9.17) is 0 Å². The van der Waals surface area contributed by atoms with Crippen LogP contribution in [0, 0.1) is 0 Å². The Hall–Kier alpha value is -4.28. The standard InChI is InChI=1S/C30H19N3S/c1-2-8-20(9-3-1)23-18-19-24(30-29(23)31-34-32-30)21-14-16-22(17-15-21)33-27-12-6-4-10-25(27)26-11-5-7-13-28(26)33/h1-19H. The second kappa shape index (κ2) is 7.65. The minimum atomic E-state index is 0.955. The molecule has 0 aliphatic rings. The van der Waals surface area contributed by atoms with Crippen molar-refractivity contribution in [3.8, 4) is 27.9 Å². The Labute approximate surface area is 200 Å². The van der Waals surface area contributed by atoms with Crippen molar-refractivity contribution in [2.24, 2.45) is 0 Å². The number of hydrogen-bond donors (Lipinski definition) is 0. The highest BCUT2D eigenvalue weighted by Crippen LogP contribution is 2.36. The average Bonchev–Trinajstić information content (AvgIpc) is 3.52. The van der Waals surface area contributed by atoms with Crippen LogP contribution < -0.4 is 0 Å². The maximum Gasteiger partial charge on any atom is 0.113 e. The van der Waals surface area contributed by atoms with Crippen LogP contribution >= 0.6 is 11.7 Å². The van der Waals surface area contributed by atoms with E-state index in [0.717, 1.165) is 39.0 Å². The Balaban J connectivity index is 1.36. The summed E-state index contributed by atoms with van der Waals surface area (Å²) in [7, 11) is 0. The fourth-order valence-electron chi connectivity index (χ4n) is 4.94. The Morgan fingerprint density at radius 1 is 0.471 bits per heavy atom. The van der Waals surface area contributed by atoms with Gasteiger partial charge in [0, 0.05) is 27.6 Å². The smallest absolute Gasteiger partial charge is 0.113 e. The largest absolute Gasteiger partial charge is 0.309 e. The molecule has 7 rings (SSSR count). The lowest BCUT2D eigenvalue weighted by Crippen LogP contribution is -1.93. The van der Waals surface area contributed by atoms with Gasteiger partial charge in [-0.15, -0.1) is 0 Å². The van der Waals surface area contributed by atoms with Crippen LogP contribution in [0.3, 0.4) is 0 Å². The molecule has 0 N–H and O–H groups in total. The normalized spacial score (nSPS) is 11.5. The van der Waals surface area contributed by atoms with Crippen molar-refractivity contribution in [1.82, 2.24) is 13.3 Å². The first-order valence-electron chi connectivity index (χ1n) is 11.3. The molecule has 0 saturated carbocycles. The van der Waals surface area contributed by atoms with Crippen molar-refractivity contribution in [2.75, 3.05) is 0 Å². The van der Waals surface area contributed by atoms with E-state index in [1.54, 1.807) is 0 Å². The fraction of sp³-hybridized carbons (Fsp3) is 0. The summed E-state index contributed by atoms with van der Waals surface area (Å²) in [6.45, 7) is 0. The lowest BCUT2D eigenvalue weighted by atomic mass is 9.98. The molecular formula is C30H19N3S. The second-order valence-corrected chi connectivity index (χ2v) is 8.93. The molecule has 5 aromatic carbocycles. The first kappa shape index (κ1) is 19.2. The first-order chi connectivity index (χ1) is 16.9. The zero-order valence-electron chi connectivity index (χ0n) is 18.2. The van der Waals surface area contributed by atoms with Crippen molar-refractivity contribution in [1.29, 1.82) is 0 Å². The Morgan fingerprint density at radius 3 is 1.56 bits per heavy atom. The van der Waals surface area contributed by atoms with E-state index in [1.165, 1.54) is 33.5 Å². The third-order valence-corrected chi connectivity index (χ3v) is 7.05. The molecule has 0 radical (unpaired) electrons. The highest BCUT2D eigenvalue weighted by atomic mass is 32.1. The Kier molecular flexibility index (Phi) is 4.32. The van der Waals surface area contributed by atoms with Gasteiger partial charge < -0.3 is 4.57 Å². The lowest BCUT2D eigenvalue weighted by Gasteiger charge is -2.10. The van der Waals surface area contributed by atoms with Crippen LogP contribution in [0.1, 0.15) is 0 Å². The van der Waals surface area contributed by atoms with E-state index in [0.29, 0.717) is 0 Å². The van der Waals surface area contributed by atoms with Crippen LogP contribution in [-0.4, -0.2) is 13.3 Å². The molecule has 0 unspecified atom stereocenters. The molecule has 34 heavy (non-hydrogen) atoms. The SMILES string of the molecule is c1ccc(-c2ccc(-c3ccc(-n4c5ccccc5c5ccccc54)cc3)c3nsnc23)cc1. The molecule has 2 aromatic heterocycles. The van der Waals surface area contributed by atoms with E-state index in [9.17, 15) is 0 Å². The predicted molar refractivity (Wildman–Crippen MR) is 143 cm³/mol. The molecule has 3 nitrogen and oxygen atoms in total. The van der Waals surface area contributed by atoms with Crippen LogP contribution in [0.2, 0.25) is 0 Å². The molecule has 0 aliphatic carbocycles. The van der Waals surface area contributed by atoms with Gasteiger partial charge in [-0.2, -0.15) is 8.75 Å². The number of benzene rings is 5. The number of hydrogen-bond acceptors (Lipinski definition) is 3. The van der Waals surface area contributed by atoms with Crippen molar-refractivity contribution in [2.45, 2.75) is 0 Å². The third kappa shape index (κ3) is 2.89. The van der Waals surface area contributed by atoms with E-state index in [-0.39, 0.29) is 0 Å². The molecule has 0 aliphatic heterocycles. The second-order valence-electron chi connectivity index (χ2n) is 8.40. The summed E-state index contributed by atoms with van der Waals surface area (Å²) in [5.41, 5.74) is 10.0. The van der Waals surface area contributed by atoms with Crippen LogP contribution in [0.4, 0.5) is 0 Å². The van der Waals surface area contributed by atoms with Crippen molar-refractivity contribution in [3.63, 3.8) is 0 Å². The fourth-order valence-corrected chi connectivity index (χ4v) is 5.51. The molecule has 2 heterocycles. The van der Waals surface area contributed by atoms with Gasteiger partial charge in [-0.3, -0.25) is 0 Å². The molecule has 0 atom stereocenters. The Bertz CT molecular complexity index is 1740. The topological polar surface area (TPSA) is 30.7 Å². The number of para-hydroxylation sites is 2. The summed E-state index contributed by atoms with van der Waals surface area (Å²) in [6, 6.07) is 40.7. The quantitative estimate of drug-likeness (QED) is 0.270. The lowest BCUT2D eigenvalue weighted by molar-refractivity contribution is 1.18. The van der Waals surface area contributed by atoms with Crippen molar-refractivity contribution in [3.05, 3.63) is 115 Å². The molecule has 4 heteroatoms. The zero-order valence-corrected chi connectivity index (χ0v) is 19.0. The van der Waals surface area contributed by atoms with Gasteiger partial charge in [0.05, 0.1) is 22.8 Å². The minimum absolute atomic E-state index is 0.955. The number of fused-ring (bicyclic) bond motifs is 4. The number of aromatic nitrogens is 3. The maximum atomic E-state index is 4.66. The van der Waals surface area contributed by atoms with Gasteiger partial charge in [-0.25, -0.2) is 0 Å². The number of nitrogens with zero attached hydrogens (tertiary/aromatic N) is 3. The highest BCUT2D eigenvalue weighted by molar-refractivity contribution is 7.00. The van der Waals surface area contributed by atoms with Crippen molar-refractivity contribution < 1.29 is 0 Å². The zero-order chi connectivity index (χ0) is 22.5. The molecule has 0 spiro atoms. The molecule has 0 amide bonds. The van der Waals surface area contributed by atoms with Gasteiger partial charge in [-0.1, -0.05) is 91.0 Å². The van der Waals surface area contributed by atoms with Crippen molar-refractivity contribution >= 4 is 44.6 Å². The van der Waals surface area contributed by atoms with Gasteiger partial charge in [0.25, 0.3) is 0 Å². The molecular weight excluding hydrogens is 434 g/mol. The van der Waals surface area contributed by atoms with Crippen LogP contribution in [0.25, 0.3) is 60.8 Å². The summed E-state index contributed by atoms with van der Waals surface area (Å²) in [4.78, 5) is 0. The monoisotopic (exact) mass is 453 g/mol. The summed E-state index contributed by atoms with van der Waals surface area (Å²) < 4.78 is 11.6. The van der Waals surface area contributed by atoms with Crippen LogP contribution in [-0.2, 0) is 0 Å². The predicted octanol–water partition coefficient (Wildman–Crippen LogP) is 8.12. The van der Waals surface area contributed by atoms with E-state index in [1.807, 2.05) is 6.07 Å². The van der Waals surface area contributed by atoms with Gasteiger partial charge in [0.2, 0.25) is 0 Å². The van der Waals surface area contributed by atoms with Gasteiger partial charge >= 0.3 is 0 Å². The van der Waals surface area contributed by atoms with Crippen LogP contribution in [0.5, 0.6) is 0 Å². The van der Waals surface area contributed by atoms with Gasteiger partial charge in [0.15, 0.2) is 0 Å². The summed E-state index contributed by atoms with van der Waals surface area (Å²) in [5.74, 6) is 0. The molecule has 0 fully saturated rings. The summed E-state index contributed by atoms with van der Waals surface area (Å²) in [5, 5.41) is 2.54. The summed E-state index contributed by atoms with van der Waals surface area (Å²) in [6.07, 6.45) is 0. The van der Waals surface area contributed by atoms with E-state index >= 15 is 0 Å². The Morgan fingerprint density at radius 2 is 0.971 bits per heavy atom. The summed E-state index contributed by atoms with van der Waals surface area (Å²) >= 11 is 1.27. The first-order valence-corrected chi connectivity index (χ1v) is 12.0. The average molecular weight is 454 g/mol. The third-order valence-electron chi connectivity index (χ3n) is 6.52. The van der Waals surface area contributed by atoms with Gasteiger partial charge in [-0.05, 0) is 35.4 Å². The molecule has 0 saturated heterocycles.